The summed E-state index contributed by atoms with van der Waals surface area (Å²) in [7, 11) is 0. The van der Waals surface area contributed by atoms with E-state index in [9.17, 15) is 4.39 Å². The molecule has 1 unspecified atom stereocenters. The van der Waals surface area contributed by atoms with Crippen LogP contribution in [0.1, 0.15) is 22.7 Å². The van der Waals surface area contributed by atoms with Gasteiger partial charge >= 0.3 is 0 Å². The summed E-state index contributed by atoms with van der Waals surface area (Å²) in [6.07, 6.45) is 0.620. The van der Waals surface area contributed by atoms with Crippen molar-refractivity contribution in [3.8, 4) is 0 Å². The molecular formula is C15H15Br2FN2. The highest BCUT2D eigenvalue weighted by molar-refractivity contribution is 9.10. The van der Waals surface area contributed by atoms with Crippen LogP contribution in [0.3, 0.4) is 0 Å². The first-order valence-electron chi connectivity index (χ1n) is 6.16. The lowest BCUT2D eigenvalue weighted by molar-refractivity contribution is 0.546. The molecule has 0 aliphatic rings. The van der Waals surface area contributed by atoms with Gasteiger partial charge in [-0.15, -0.1) is 0 Å². The minimum atomic E-state index is -0.252. The van der Waals surface area contributed by atoms with Crippen LogP contribution in [0.25, 0.3) is 0 Å². The maximum Gasteiger partial charge on any atom is 0.124 e. The molecule has 2 aromatic carbocycles. The van der Waals surface area contributed by atoms with Crippen molar-refractivity contribution in [2.45, 2.75) is 19.4 Å². The maximum atomic E-state index is 13.4. The van der Waals surface area contributed by atoms with E-state index in [1.165, 1.54) is 12.1 Å². The van der Waals surface area contributed by atoms with E-state index in [0.717, 1.165) is 25.6 Å². The molecule has 0 heterocycles. The number of nitrogens with one attached hydrogen (secondary N) is 1. The number of hydrogen-bond donors (Lipinski definition) is 2. The molecule has 1 atom stereocenters. The van der Waals surface area contributed by atoms with Gasteiger partial charge < -0.3 is 0 Å². The Bertz CT molecular complexity index is 597. The number of halogens is 3. The minimum absolute atomic E-state index is 0.0585. The summed E-state index contributed by atoms with van der Waals surface area (Å²) in [5, 5.41) is 0. The van der Waals surface area contributed by atoms with Crippen LogP contribution in [0.2, 0.25) is 0 Å². The topological polar surface area (TPSA) is 38.0 Å². The van der Waals surface area contributed by atoms with E-state index >= 15 is 0 Å². The molecule has 20 heavy (non-hydrogen) atoms. The largest absolute Gasteiger partial charge is 0.271 e. The fourth-order valence-corrected chi connectivity index (χ4v) is 3.24. The van der Waals surface area contributed by atoms with E-state index in [1.807, 2.05) is 31.2 Å². The van der Waals surface area contributed by atoms with Crippen molar-refractivity contribution < 1.29 is 4.39 Å². The van der Waals surface area contributed by atoms with Gasteiger partial charge in [0.1, 0.15) is 5.82 Å². The van der Waals surface area contributed by atoms with Gasteiger partial charge in [-0.25, -0.2) is 4.39 Å². The zero-order valence-corrected chi connectivity index (χ0v) is 14.1. The van der Waals surface area contributed by atoms with Crippen LogP contribution in [-0.4, -0.2) is 0 Å². The second kappa shape index (κ2) is 6.80. The van der Waals surface area contributed by atoms with Gasteiger partial charge in [0, 0.05) is 8.95 Å². The number of benzene rings is 2. The Morgan fingerprint density at radius 1 is 1.15 bits per heavy atom. The number of aryl methyl sites for hydroxylation is 1. The third-order valence-corrected chi connectivity index (χ3v) is 4.12. The van der Waals surface area contributed by atoms with Crippen molar-refractivity contribution in [2.24, 2.45) is 5.84 Å². The highest BCUT2D eigenvalue weighted by atomic mass is 79.9. The zero-order chi connectivity index (χ0) is 14.7. The molecule has 0 bridgehead atoms. The van der Waals surface area contributed by atoms with Crippen molar-refractivity contribution in [3.63, 3.8) is 0 Å². The quantitative estimate of drug-likeness (QED) is 0.588. The monoisotopic (exact) mass is 400 g/mol. The molecule has 0 radical (unpaired) electrons. The molecular weight excluding hydrogens is 387 g/mol. The van der Waals surface area contributed by atoms with Crippen LogP contribution in [0.5, 0.6) is 0 Å². The van der Waals surface area contributed by atoms with Gasteiger partial charge in [0.25, 0.3) is 0 Å². The number of hydrazine groups is 1. The SMILES string of the molecule is Cc1cc(Br)ccc1C(Cc1cc(F)cc(Br)c1)NN. The number of hydrogen-bond acceptors (Lipinski definition) is 2. The first-order valence-corrected chi connectivity index (χ1v) is 7.75. The molecule has 106 valence electrons. The first-order chi connectivity index (χ1) is 9.49. The van der Waals surface area contributed by atoms with Gasteiger partial charge in [-0.05, 0) is 60.4 Å². The molecule has 0 aliphatic heterocycles. The highest BCUT2D eigenvalue weighted by Gasteiger charge is 2.14. The Morgan fingerprint density at radius 3 is 2.50 bits per heavy atom. The van der Waals surface area contributed by atoms with Crippen LogP contribution >= 0.6 is 31.9 Å². The predicted molar refractivity (Wildman–Crippen MR) is 86.7 cm³/mol. The molecule has 2 nitrogen and oxygen atoms in total. The Balaban J connectivity index is 2.28. The average Bonchev–Trinajstić information content (AvgIpc) is 2.35. The Kier molecular flexibility index (Phi) is 5.32. The normalized spacial score (nSPS) is 12.4. The summed E-state index contributed by atoms with van der Waals surface area (Å²) in [5.74, 6) is 5.42. The van der Waals surface area contributed by atoms with Gasteiger partial charge in [-0.2, -0.15) is 0 Å². The molecule has 5 heteroatoms. The fraction of sp³-hybridized carbons (Fsp3) is 0.200. The summed E-state index contributed by atoms with van der Waals surface area (Å²) < 4.78 is 15.2. The van der Waals surface area contributed by atoms with Crippen LogP contribution in [0, 0.1) is 12.7 Å². The molecule has 0 amide bonds. The van der Waals surface area contributed by atoms with Gasteiger partial charge in [-0.1, -0.05) is 37.9 Å². The second-order valence-electron chi connectivity index (χ2n) is 4.70. The third kappa shape index (κ3) is 3.88. The van der Waals surface area contributed by atoms with Crippen LogP contribution in [0.15, 0.2) is 45.3 Å². The summed E-state index contributed by atoms with van der Waals surface area (Å²) in [4.78, 5) is 0. The van der Waals surface area contributed by atoms with Crippen molar-refractivity contribution in [1.82, 2.24) is 5.43 Å². The van der Waals surface area contributed by atoms with Gasteiger partial charge in [0.15, 0.2) is 0 Å². The van der Waals surface area contributed by atoms with Crippen molar-refractivity contribution >= 4 is 31.9 Å². The number of nitrogens with two attached hydrogens (primary N) is 1. The lowest BCUT2D eigenvalue weighted by Gasteiger charge is -2.19. The van der Waals surface area contributed by atoms with Crippen molar-refractivity contribution in [3.05, 3.63) is 67.9 Å². The van der Waals surface area contributed by atoms with Gasteiger partial charge in [0.2, 0.25) is 0 Å². The maximum absolute atomic E-state index is 13.4. The minimum Gasteiger partial charge on any atom is -0.271 e. The molecule has 0 aliphatic carbocycles. The van der Waals surface area contributed by atoms with E-state index in [0.29, 0.717) is 6.42 Å². The zero-order valence-electron chi connectivity index (χ0n) is 11.0. The molecule has 0 aromatic heterocycles. The van der Waals surface area contributed by atoms with Crippen LogP contribution in [0.4, 0.5) is 4.39 Å². The summed E-state index contributed by atoms with van der Waals surface area (Å²) in [6, 6.07) is 10.9. The van der Waals surface area contributed by atoms with E-state index in [-0.39, 0.29) is 11.9 Å². The molecule has 0 saturated carbocycles. The van der Waals surface area contributed by atoms with Crippen LogP contribution < -0.4 is 11.3 Å². The molecule has 2 rings (SSSR count). The van der Waals surface area contributed by atoms with Gasteiger partial charge in [-0.3, -0.25) is 11.3 Å². The van der Waals surface area contributed by atoms with E-state index in [4.69, 9.17) is 5.84 Å². The standard InChI is InChI=1S/C15H15Br2FN2/c1-9-4-11(16)2-3-14(9)15(20-19)7-10-5-12(17)8-13(18)6-10/h2-6,8,15,20H,7,19H2,1H3. The van der Waals surface area contributed by atoms with Crippen LogP contribution in [-0.2, 0) is 6.42 Å². The molecule has 0 spiro atoms. The summed E-state index contributed by atoms with van der Waals surface area (Å²) in [6.45, 7) is 2.03. The predicted octanol–water partition coefficient (Wildman–Crippen LogP) is 4.41. The average molecular weight is 402 g/mol. The molecule has 0 fully saturated rings. The summed E-state index contributed by atoms with van der Waals surface area (Å²) in [5.41, 5.74) is 5.95. The van der Waals surface area contributed by atoms with E-state index < -0.39 is 0 Å². The van der Waals surface area contributed by atoms with Gasteiger partial charge in [0.05, 0.1) is 6.04 Å². The van der Waals surface area contributed by atoms with Crippen molar-refractivity contribution in [1.29, 1.82) is 0 Å². The van der Waals surface area contributed by atoms with Crippen molar-refractivity contribution in [2.75, 3.05) is 0 Å². The Hall–Kier alpha value is -0.750. The highest BCUT2D eigenvalue weighted by Crippen LogP contribution is 2.25. The van der Waals surface area contributed by atoms with E-state index in [1.54, 1.807) is 0 Å². The Labute approximate surface area is 134 Å². The number of rotatable bonds is 4. The molecule has 2 aromatic rings. The lowest BCUT2D eigenvalue weighted by atomic mass is 9.96. The Morgan fingerprint density at radius 2 is 1.90 bits per heavy atom. The summed E-state index contributed by atoms with van der Waals surface area (Å²) >= 11 is 6.75. The third-order valence-electron chi connectivity index (χ3n) is 3.17. The fourth-order valence-electron chi connectivity index (χ4n) is 2.25. The first kappa shape index (κ1) is 15.6. The lowest BCUT2D eigenvalue weighted by Crippen LogP contribution is -2.30. The molecule has 0 saturated heterocycles. The smallest absolute Gasteiger partial charge is 0.124 e. The second-order valence-corrected chi connectivity index (χ2v) is 6.53. The van der Waals surface area contributed by atoms with E-state index in [2.05, 4.69) is 37.3 Å². The molecule has 3 N–H and O–H groups in total.